The maximum atomic E-state index is 4.69. The summed E-state index contributed by atoms with van der Waals surface area (Å²) in [6, 6.07) is 8.73. The Hall–Kier alpha value is -1.57. The van der Waals surface area contributed by atoms with Gasteiger partial charge in [0.15, 0.2) is 0 Å². The molecule has 0 aliphatic heterocycles. The Balaban J connectivity index is 2.69. The lowest BCUT2D eigenvalue weighted by Crippen LogP contribution is -2.11. The van der Waals surface area contributed by atoms with E-state index in [1.807, 2.05) is 7.05 Å². The lowest BCUT2D eigenvalue weighted by molar-refractivity contribution is 0.591. The van der Waals surface area contributed by atoms with E-state index in [2.05, 4.69) is 62.3 Å². The minimum atomic E-state index is 0.169. The molecule has 0 saturated carbocycles. The van der Waals surface area contributed by atoms with E-state index in [1.54, 1.807) is 0 Å². The Kier molecular flexibility index (Phi) is 3.29. The van der Waals surface area contributed by atoms with Crippen LogP contribution in [0, 0.1) is 0 Å². The van der Waals surface area contributed by atoms with Crippen molar-refractivity contribution in [2.45, 2.75) is 39.5 Å². The Morgan fingerprint density at radius 2 is 1.89 bits per heavy atom. The van der Waals surface area contributed by atoms with Crippen LogP contribution in [0.5, 0.6) is 0 Å². The summed E-state index contributed by atoms with van der Waals surface area (Å²) in [6.45, 7) is 8.85. The third-order valence-electron chi connectivity index (χ3n) is 3.36. The SMILES string of the molecule is CCc1cc(NC)c2cc(C(C)(C)C)ccc2n1. The van der Waals surface area contributed by atoms with E-state index in [9.17, 15) is 0 Å². The highest BCUT2D eigenvalue weighted by Crippen LogP contribution is 2.29. The van der Waals surface area contributed by atoms with Crippen molar-refractivity contribution < 1.29 is 0 Å². The molecule has 18 heavy (non-hydrogen) atoms. The summed E-state index contributed by atoms with van der Waals surface area (Å²) in [5, 5.41) is 4.49. The maximum absolute atomic E-state index is 4.69. The van der Waals surface area contributed by atoms with Crippen LogP contribution >= 0.6 is 0 Å². The van der Waals surface area contributed by atoms with Crippen LogP contribution in [0.3, 0.4) is 0 Å². The minimum Gasteiger partial charge on any atom is -0.388 e. The second-order valence-electron chi connectivity index (χ2n) is 5.75. The zero-order chi connectivity index (χ0) is 13.3. The second kappa shape index (κ2) is 4.60. The quantitative estimate of drug-likeness (QED) is 0.856. The minimum absolute atomic E-state index is 0.169. The molecule has 2 rings (SSSR count). The molecule has 0 aliphatic rings. The molecule has 1 aromatic heterocycles. The Morgan fingerprint density at radius 3 is 2.44 bits per heavy atom. The normalized spacial score (nSPS) is 11.8. The number of aryl methyl sites for hydroxylation is 1. The molecule has 1 heterocycles. The van der Waals surface area contributed by atoms with E-state index in [0.29, 0.717) is 0 Å². The van der Waals surface area contributed by atoms with E-state index in [1.165, 1.54) is 16.6 Å². The predicted molar refractivity (Wildman–Crippen MR) is 79.4 cm³/mol. The average Bonchev–Trinajstić information content (AvgIpc) is 2.35. The van der Waals surface area contributed by atoms with Gasteiger partial charge < -0.3 is 5.32 Å². The highest BCUT2D eigenvalue weighted by molar-refractivity contribution is 5.92. The van der Waals surface area contributed by atoms with Crippen LogP contribution < -0.4 is 5.32 Å². The molecule has 0 atom stereocenters. The van der Waals surface area contributed by atoms with Crippen molar-refractivity contribution in [1.29, 1.82) is 0 Å². The van der Waals surface area contributed by atoms with Gasteiger partial charge in [0.25, 0.3) is 0 Å². The molecule has 0 fully saturated rings. The van der Waals surface area contributed by atoms with Crippen molar-refractivity contribution in [2.75, 3.05) is 12.4 Å². The van der Waals surface area contributed by atoms with E-state index < -0.39 is 0 Å². The number of hydrogen-bond acceptors (Lipinski definition) is 2. The van der Waals surface area contributed by atoms with E-state index in [0.717, 1.165) is 17.6 Å². The largest absolute Gasteiger partial charge is 0.388 e. The number of anilines is 1. The topological polar surface area (TPSA) is 24.9 Å². The fraction of sp³-hybridized carbons (Fsp3) is 0.438. The van der Waals surface area contributed by atoms with Crippen LogP contribution in [0.25, 0.3) is 10.9 Å². The van der Waals surface area contributed by atoms with Crippen LogP contribution in [-0.2, 0) is 11.8 Å². The molecule has 0 aliphatic carbocycles. The number of benzene rings is 1. The number of nitrogens with zero attached hydrogens (tertiary/aromatic N) is 1. The van der Waals surface area contributed by atoms with Gasteiger partial charge in [-0.2, -0.15) is 0 Å². The molecule has 2 aromatic rings. The van der Waals surface area contributed by atoms with Crippen LogP contribution in [0.1, 0.15) is 39.0 Å². The van der Waals surface area contributed by atoms with E-state index in [4.69, 9.17) is 0 Å². The van der Waals surface area contributed by atoms with Crippen molar-refractivity contribution in [1.82, 2.24) is 4.98 Å². The molecule has 1 N–H and O–H groups in total. The van der Waals surface area contributed by atoms with Crippen molar-refractivity contribution in [3.8, 4) is 0 Å². The summed E-state index contributed by atoms with van der Waals surface area (Å²) < 4.78 is 0. The molecule has 0 radical (unpaired) electrons. The van der Waals surface area contributed by atoms with Crippen LogP contribution in [0.15, 0.2) is 24.3 Å². The number of nitrogens with one attached hydrogen (secondary N) is 1. The average molecular weight is 242 g/mol. The Morgan fingerprint density at radius 1 is 1.17 bits per heavy atom. The number of rotatable bonds is 2. The first-order valence-corrected chi connectivity index (χ1v) is 6.57. The van der Waals surface area contributed by atoms with E-state index >= 15 is 0 Å². The smallest absolute Gasteiger partial charge is 0.0726 e. The lowest BCUT2D eigenvalue weighted by atomic mass is 9.86. The molecule has 0 bridgehead atoms. The fourth-order valence-electron chi connectivity index (χ4n) is 2.14. The Bertz CT molecular complexity index is 565. The number of fused-ring (bicyclic) bond motifs is 1. The molecule has 1 aromatic carbocycles. The highest BCUT2D eigenvalue weighted by atomic mass is 14.8. The van der Waals surface area contributed by atoms with Gasteiger partial charge in [0.2, 0.25) is 0 Å². The van der Waals surface area contributed by atoms with Gasteiger partial charge in [0.05, 0.1) is 5.52 Å². The molecule has 0 unspecified atom stereocenters. The van der Waals surface area contributed by atoms with Crippen molar-refractivity contribution in [3.63, 3.8) is 0 Å². The predicted octanol–water partition coefficient (Wildman–Crippen LogP) is 4.14. The van der Waals surface area contributed by atoms with Gasteiger partial charge in [0.1, 0.15) is 0 Å². The zero-order valence-electron chi connectivity index (χ0n) is 12.0. The molecule has 96 valence electrons. The standard InChI is InChI=1S/C16H22N2/c1-6-12-10-15(17-5)13-9-11(16(2,3)4)7-8-14(13)18-12/h7-10H,6H2,1-5H3,(H,17,18). The number of hydrogen-bond donors (Lipinski definition) is 1. The molecular formula is C16H22N2. The molecule has 0 amide bonds. The number of pyridine rings is 1. The number of aromatic nitrogens is 1. The van der Waals surface area contributed by atoms with Gasteiger partial charge in [-0.05, 0) is 35.6 Å². The van der Waals surface area contributed by atoms with Crippen LogP contribution in [0.4, 0.5) is 5.69 Å². The molecule has 0 saturated heterocycles. The summed E-state index contributed by atoms with van der Waals surface area (Å²) >= 11 is 0. The first kappa shape index (κ1) is 12.9. The van der Waals surface area contributed by atoms with Gasteiger partial charge in [-0.3, -0.25) is 4.98 Å². The first-order valence-electron chi connectivity index (χ1n) is 6.57. The van der Waals surface area contributed by atoms with E-state index in [-0.39, 0.29) is 5.41 Å². The molecular weight excluding hydrogens is 220 g/mol. The monoisotopic (exact) mass is 242 g/mol. The molecule has 2 heteroatoms. The summed E-state index contributed by atoms with van der Waals surface area (Å²) in [7, 11) is 1.97. The van der Waals surface area contributed by atoms with Crippen LogP contribution in [-0.4, -0.2) is 12.0 Å². The van der Waals surface area contributed by atoms with Crippen LogP contribution in [0.2, 0.25) is 0 Å². The lowest BCUT2D eigenvalue weighted by Gasteiger charge is -2.20. The summed E-state index contributed by atoms with van der Waals surface area (Å²) in [4.78, 5) is 4.69. The van der Waals surface area contributed by atoms with Gasteiger partial charge in [-0.1, -0.05) is 33.8 Å². The fourth-order valence-corrected chi connectivity index (χ4v) is 2.14. The summed E-state index contributed by atoms with van der Waals surface area (Å²) in [6.07, 6.45) is 0.964. The third-order valence-corrected chi connectivity index (χ3v) is 3.36. The zero-order valence-corrected chi connectivity index (χ0v) is 12.0. The summed E-state index contributed by atoms with van der Waals surface area (Å²) in [5.41, 5.74) is 4.89. The van der Waals surface area contributed by atoms with Gasteiger partial charge in [-0.25, -0.2) is 0 Å². The van der Waals surface area contributed by atoms with Crippen molar-refractivity contribution >= 4 is 16.6 Å². The maximum Gasteiger partial charge on any atom is 0.0726 e. The van der Waals surface area contributed by atoms with Crippen molar-refractivity contribution in [2.24, 2.45) is 0 Å². The van der Waals surface area contributed by atoms with Gasteiger partial charge in [0, 0.05) is 23.8 Å². The summed E-state index contributed by atoms with van der Waals surface area (Å²) in [5.74, 6) is 0. The van der Waals surface area contributed by atoms with Gasteiger partial charge >= 0.3 is 0 Å². The molecule has 0 spiro atoms. The first-order chi connectivity index (χ1) is 8.45. The second-order valence-corrected chi connectivity index (χ2v) is 5.75. The van der Waals surface area contributed by atoms with Crippen molar-refractivity contribution in [3.05, 3.63) is 35.5 Å². The third kappa shape index (κ3) is 2.33. The van der Waals surface area contributed by atoms with Gasteiger partial charge in [-0.15, -0.1) is 0 Å². The molecule has 2 nitrogen and oxygen atoms in total. The highest BCUT2D eigenvalue weighted by Gasteiger charge is 2.15. The Labute approximate surface area is 109 Å².